The third kappa shape index (κ3) is 3.64. The van der Waals surface area contributed by atoms with Crippen molar-refractivity contribution in [3.8, 4) is 0 Å². The summed E-state index contributed by atoms with van der Waals surface area (Å²) in [5, 5.41) is 0. The Morgan fingerprint density at radius 1 is 1.33 bits per heavy atom. The number of hydrogen-bond acceptors (Lipinski definition) is 5. The van der Waals surface area contributed by atoms with Crippen LogP contribution in [0.25, 0.3) is 0 Å². The Bertz CT molecular complexity index is 511. The van der Waals surface area contributed by atoms with E-state index in [0.29, 0.717) is 19.7 Å². The molecule has 0 atom stereocenters. The monoisotopic (exact) mass is 292 g/mol. The van der Waals surface area contributed by atoms with Gasteiger partial charge in [0.15, 0.2) is 0 Å². The number of aryl methyl sites for hydroxylation is 1. The summed E-state index contributed by atoms with van der Waals surface area (Å²) in [6.45, 7) is 10.0. The molecule has 0 radical (unpaired) electrons. The Labute approximate surface area is 125 Å². The van der Waals surface area contributed by atoms with Crippen LogP contribution in [0.3, 0.4) is 0 Å². The van der Waals surface area contributed by atoms with Gasteiger partial charge in [-0.25, -0.2) is 4.79 Å². The van der Waals surface area contributed by atoms with Crippen molar-refractivity contribution in [2.24, 2.45) is 0 Å². The second-order valence-corrected chi connectivity index (χ2v) is 5.39. The molecule has 0 bridgehead atoms. The predicted octanol–water partition coefficient (Wildman–Crippen LogP) is 1.55. The molecule has 21 heavy (non-hydrogen) atoms. The van der Waals surface area contributed by atoms with E-state index in [4.69, 9.17) is 10.5 Å². The molecule has 1 aromatic heterocycles. The van der Waals surface area contributed by atoms with Gasteiger partial charge in [-0.3, -0.25) is 9.88 Å². The average molecular weight is 292 g/mol. The van der Waals surface area contributed by atoms with E-state index < -0.39 is 0 Å². The van der Waals surface area contributed by atoms with Gasteiger partial charge in [0.2, 0.25) is 0 Å². The van der Waals surface area contributed by atoms with E-state index in [1.54, 1.807) is 4.90 Å². The van der Waals surface area contributed by atoms with Crippen molar-refractivity contribution in [3.63, 3.8) is 0 Å². The SMILES string of the molecule is CCOC(=O)N1CCN(Cc2ncc(C)c(N)c2C)CC1. The maximum Gasteiger partial charge on any atom is 0.409 e. The van der Waals surface area contributed by atoms with E-state index in [1.807, 2.05) is 27.0 Å². The van der Waals surface area contributed by atoms with Crippen molar-refractivity contribution in [2.75, 3.05) is 38.5 Å². The molecule has 2 N–H and O–H groups in total. The zero-order valence-electron chi connectivity index (χ0n) is 13.1. The lowest BCUT2D eigenvalue weighted by Gasteiger charge is -2.34. The van der Waals surface area contributed by atoms with Crippen LogP contribution in [0.15, 0.2) is 6.20 Å². The lowest BCUT2D eigenvalue weighted by atomic mass is 10.1. The summed E-state index contributed by atoms with van der Waals surface area (Å²) in [6.07, 6.45) is 1.61. The highest BCUT2D eigenvalue weighted by atomic mass is 16.6. The van der Waals surface area contributed by atoms with E-state index >= 15 is 0 Å². The highest BCUT2D eigenvalue weighted by molar-refractivity contribution is 5.67. The molecule has 0 saturated carbocycles. The number of carbonyl (C=O) groups excluding carboxylic acids is 1. The molecule has 6 nitrogen and oxygen atoms in total. The molecule has 0 spiro atoms. The molecule has 1 fully saturated rings. The molecule has 0 aromatic carbocycles. The van der Waals surface area contributed by atoms with E-state index in [1.165, 1.54) is 0 Å². The van der Waals surface area contributed by atoms with Crippen molar-refractivity contribution in [2.45, 2.75) is 27.3 Å². The lowest BCUT2D eigenvalue weighted by Crippen LogP contribution is -2.48. The standard InChI is InChI=1S/C15H24N4O2/c1-4-21-15(20)19-7-5-18(6-8-19)10-13-12(3)14(16)11(2)9-17-13/h9H,4-8,10H2,1-3H3,(H2,16,17). The second-order valence-electron chi connectivity index (χ2n) is 5.39. The smallest absolute Gasteiger partial charge is 0.409 e. The third-order valence-electron chi connectivity index (χ3n) is 3.95. The molecule has 1 amide bonds. The Morgan fingerprint density at radius 3 is 2.62 bits per heavy atom. The highest BCUT2D eigenvalue weighted by Gasteiger charge is 2.22. The van der Waals surface area contributed by atoms with E-state index in [-0.39, 0.29) is 6.09 Å². The van der Waals surface area contributed by atoms with E-state index in [2.05, 4.69) is 9.88 Å². The fourth-order valence-electron chi connectivity index (χ4n) is 2.47. The van der Waals surface area contributed by atoms with Crippen LogP contribution in [0.2, 0.25) is 0 Å². The van der Waals surface area contributed by atoms with Crippen molar-refractivity contribution >= 4 is 11.8 Å². The van der Waals surface area contributed by atoms with E-state index in [9.17, 15) is 4.79 Å². The van der Waals surface area contributed by atoms with Gasteiger partial charge in [0.05, 0.1) is 12.3 Å². The fourth-order valence-corrected chi connectivity index (χ4v) is 2.47. The largest absolute Gasteiger partial charge is 0.450 e. The number of rotatable bonds is 3. The average Bonchev–Trinajstić information content (AvgIpc) is 2.49. The minimum Gasteiger partial charge on any atom is -0.450 e. The molecule has 116 valence electrons. The molecule has 1 saturated heterocycles. The molecular weight excluding hydrogens is 268 g/mol. The number of amides is 1. The number of pyridine rings is 1. The molecule has 1 aliphatic rings. The summed E-state index contributed by atoms with van der Waals surface area (Å²) in [6, 6.07) is 0. The van der Waals surface area contributed by atoms with Gasteiger partial charge in [0.1, 0.15) is 0 Å². The van der Waals surface area contributed by atoms with Crippen molar-refractivity contribution < 1.29 is 9.53 Å². The first-order valence-electron chi connectivity index (χ1n) is 7.37. The minimum atomic E-state index is -0.217. The first-order valence-corrected chi connectivity index (χ1v) is 7.37. The zero-order chi connectivity index (χ0) is 15.4. The second kappa shape index (κ2) is 6.76. The Morgan fingerprint density at radius 2 is 2.00 bits per heavy atom. The molecule has 0 unspecified atom stereocenters. The molecule has 2 heterocycles. The number of nitrogens with zero attached hydrogens (tertiary/aromatic N) is 3. The van der Waals surface area contributed by atoms with Crippen LogP contribution in [0.1, 0.15) is 23.7 Å². The first kappa shape index (κ1) is 15.6. The number of anilines is 1. The maximum atomic E-state index is 11.7. The topological polar surface area (TPSA) is 71.7 Å². The van der Waals surface area contributed by atoms with Crippen LogP contribution in [0, 0.1) is 13.8 Å². The van der Waals surface area contributed by atoms with Gasteiger partial charge in [-0.2, -0.15) is 0 Å². The van der Waals surface area contributed by atoms with Gasteiger partial charge < -0.3 is 15.4 Å². The Hall–Kier alpha value is -1.82. The summed E-state index contributed by atoms with van der Waals surface area (Å²) in [5.74, 6) is 0. The molecule has 1 aromatic rings. The lowest BCUT2D eigenvalue weighted by molar-refractivity contribution is 0.0775. The Balaban J connectivity index is 1.92. The summed E-state index contributed by atoms with van der Waals surface area (Å²) >= 11 is 0. The highest BCUT2D eigenvalue weighted by Crippen LogP contribution is 2.19. The van der Waals surface area contributed by atoms with Gasteiger partial charge in [0.25, 0.3) is 0 Å². The summed E-state index contributed by atoms with van der Waals surface area (Å²) in [4.78, 5) is 20.2. The normalized spacial score (nSPS) is 16.0. The van der Waals surface area contributed by atoms with Crippen molar-refractivity contribution in [1.29, 1.82) is 0 Å². The quantitative estimate of drug-likeness (QED) is 0.915. The zero-order valence-corrected chi connectivity index (χ0v) is 13.1. The molecule has 2 rings (SSSR count). The summed E-state index contributed by atoms with van der Waals surface area (Å²) < 4.78 is 5.02. The van der Waals surface area contributed by atoms with Gasteiger partial charge in [-0.1, -0.05) is 0 Å². The molecule has 0 aliphatic carbocycles. The maximum absolute atomic E-state index is 11.7. The number of hydrogen-bond donors (Lipinski definition) is 1. The number of carbonyl (C=O) groups is 1. The van der Waals surface area contributed by atoms with Crippen LogP contribution in [-0.2, 0) is 11.3 Å². The van der Waals surface area contributed by atoms with Gasteiger partial charge >= 0.3 is 6.09 Å². The van der Waals surface area contributed by atoms with Crippen LogP contribution < -0.4 is 5.73 Å². The van der Waals surface area contributed by atoms with Crippen molar-refractivity contribution in [3.05, 3.63) is 23.0 Å². The number of nitrogen functional groups attached to an aromatic ring is 1. The van der Waals surface area contributed by atoms with Gasteiger partial charge in [-0.05, 0) is 31.9 Å². The van der Waals surface area contributed by atoms with E-state index in [0.717, 1.165) is 42.1 Å². The first-order chi connectivity index (χ1) is 10.0. The number of nitrogens with two attached hydrogens (primary N) is 1. The Kier molecular flexibility index (Phi) is 5.01. The minimum absolute atomic E-state index is 0.217. The number of aromatic nitrogens is 1. The molecular formula is C15H24N4O2. The number of ether oxygens (including phenoxy) is 1. The van der Waals surface area contributed by atoms with Crippen molar-refractivity contribution in [1.82, 2.24) is 14.8 Å². The van der Waals surface area contributed by atoms with Crippen LogP contribution >= 0.6 is 0 Å². The summed E-state index contributed by atoms with van der Waals surface area (Å²) in [7, 11) is 0. The number of piperazine rings is 1. The van der Waals surface area contributed by atoms with Crippen LogP contribution in [0.4, 0.5) is 10.5 Å². The summed E-state index contributed by atoms with van der Waals surface area (Å²) in [5.41, 5.74) is 9.97. The van der Waals surface area contributed by atoms with Gasteiger partial charge in [-0.15, -0.1) is 0 Å². The van der Waals surface area contributed by atoms with Crippen LogP contribution in [-0.4, -0.2) is 53.7 Å². The van der Waals surface area contributed by atoms with Gasteiger partial charge in [0, 0.05) is 44.6 Å². The predicted molar refractivity (Wildman–Crippen MR) is 82.0 cm³/mol. The molecule has 1 aliphatic heterocycles. The fraction of sp³-hybridized carbons (Fsp3) is 0.600. The van der Waals surface area contributed by atoms with Crippen LogP contribution in [0.5, 0.6) is 0 Å². The molecule has 6 heteroatoms. The third-order valence-corrected chi connectivity index (χ3v) is 3.95.